The van der Waals surface area contributed by atoms with E-state index < -0.39 is 24.0 Å². The van der Waals surface area contributed by atoms with Gasteiger partial charge in [-0.2, -0.15) is 0 Å². The van der Waals surface area contributed by atoms with Gasteiger partial charge in [0.15, 0.2) is 6.10 Å². The highest BCUT2D eigenvalue weighted by atomic mass is 16.5. The van der Waals surface area contributed by atoms with Crippen LogP contribution in [0, 0.1) is 0 Å². The van der Waals surface area contributed by atoms with E-state index in [1.807, 2.05) is 5.32 Å². The highest BCUT2D eigenvalue weighted by molar-refractivity contribution is 5.96. The van der Waals surface area contributed by atoms with Gasteiger partial charge in [0.05, 0.1) is 12.7 Å². The minimum atomic E-state index is -1.15. The first kappa shape index (κ1) is 15.4. The van der Waals surface area contributed by atoms with Crippen molar-refractivity contribution in [3.05, 3.63) is 30.0 Å². The summed E-state index contributed by atoms with van der Waals surface area (Å²) in [6.07, 6.45) is 0.105. The molecular formula is C14H14N2O6. The van der Waals surface area contributed by atoms with Gasteiger partial charge in [0.2, 0.25) is 0 Å². The van der Waals surface area contributed by atoms with Crippen molar-refractivity contribution in [3.8, 4) is 5.75 Å². The first-order chi connectivity index (χ1) is 10.4. The fourth-order valence-corrected chi connectivity index (χ4v) is 1.88. The van der Waals surface area contributed by atoms with Crippen LogP contribution in [-0.2, 0) is 20.7 Å². The van der Waals surface area contributed by atoms with Crippen LogP contribution in [0.25, 0.3) is 11.0 Å². The molecule has 2 aromatic rings. The topological polar surface area (TPSA) is 132 Å². The number of imide groups is 1. The number of amides is 3. The number of urea groups is 1. The molecule has 4 N–H and O–H groups in total. The van der Waals surface area contributed by atoms with Gasteiger partial charge in [0.1, 0.15) is 11.3 Å². The van der Waals surface area contributed by atoms with E-state index in [0.717, 1.165) is 0 Å². The number of ether oxygens (including phenoxy) is 1. The van der Waals surface area contributed by atoms with Crippen LogP contribution in [0.15, 0.2) is 28.9 Å². The van der Waals surface area contributed by atoms with Crippen molar-refractivity contribution >= 4 is 28.9 Å². The highest BCUT2D eigenvalue weighted by Gasteiger charge is 2.20. The molecule has 1 aromatic carbocycles. The van der Waals surface area contributed by atoms with Gasteiger partial charge in [0, 0.05) is 17.0 Å². The summed E-state index contributed by atoms with van der Waals surface area (Å²) in [6.45, 7) is 1.32. The second-order valence-electron chi connectivity index (χ2n) is 4.60. The number of carbonyl (C=O) groups excluding carboxylic acids is 3. The van der Waals surface area contributed by atoms with E-state index in [2.05, 4.69) is 0 Å². The predicted octanol–water partition coefficient (Wildman–Crippen LogP) is 0.808. The number of benzene rings is 1. The number of primary amides is 1. The molecule has 0 aliphatic rings. The lowest BCUT2D eigenvalue weighted by Gasteiger charge is -2.11. The number of furan rings is 1. The molecule has 0 aliphatic heterocycles. The summed E-state index contributed by atoms with van der Waals surface area (Å²) in [6, 6.07) is 3.48. The molecule has 0 fully saturated rings. The van der Waals surface area contributed by atoms with E-state index in [1.54, 1.807) is 6.07 Å². The van der Waals surface area contributed by atoms with Crippen LogP contribution in [-0.4, -0.2) is 29.1 Å². The molecule has 8 nitrogen and oxygen atoms in total. The third-order valence-electron chi connectivity index (χ3n) is 2.90. The summed E-state index contributed by atoms with van der Waals surface area (Å²) in [5.41, 5.74) is 5.79. The lowest BCUT2D eigenvalue weighted by Crippen LogP contribution is -2.42. The smallest absolute Gasteiger partial charge is 0.318 e. The number of fused-ring (bicyclic) bond motifs is 1. The quantitative estimate of drug-likeness (QED) is 0.716. The third kappa shape index (κ3) is 3.54. The molecule has 1 atom stereocenters. The van der Waals surface area contributed by atoms with Crippen LogP contribution >= 0.6 is 0 Å². The summed E-state index contributed by atoms with van der Waals surface area (Å²) in [4.78, 5) is 33.8. The molecule has 0 bridgehead atoms. The molecule has 0 aliphatic carbocycles. The monoisotopic (exact) mass is 306 g/mol. The SMILES string of the molecule is C[C@H](OC(=O)Cc1coc2cc(O)ccc12)C(=O)NC(N)=O. The molecule has 1 heterocycles. The van der Waals surface area contributed by atoms with E-state index >= 15 is 0 Å². The minimum Gasteiger partial charge on any atom is -0.508 e. The Morgan fingerprint density at radius 1 is 1.41 bits per heavy atom. The predicted molar refractivity (Wildman–Crippen MR) is 74.9 cm³/mol. The summed E-state index contributed by atoms with van der Waals surface area (Å²) in [7, 11) is 0. The van der Waals surface area contributed by atoms with E-state index in [-0.39, 0.29) is 12.2 Å². The van der Waals surface area contributed by atoms with Crippen LogP contribution < -0.4 is 11.1 Å². The minimum absolute atomic E-state index is 0.0488. The number of nitrogens with one attached hydrogen (secondary N) is 1. The molecular weight excluding hydrogens is 292 g/mol. The van der Waals surface area contributed by atoms with Gasteiger partial charge in [-0.1, -0.05) is 0 Å². The van der Waals surface area contributed by atoms with E-state index in [9.17, 15) is 19.5 Å². The maximum atomic E-state index is 11.8. The lowest BCUT2D eigenvalue weighted by atomic mass is 10.1. The zero-order chi connectivity index (χ0) is 16.3. The molecule has 0 saturated carbocycles. The van der Waals surface area contributed by atoms with Crippen molar-refractivity contribution < 1.29 is 28.6 Å². The van der Waals surface area contributed by atoms with Gasteiger partial charge >= 0.3 is 12.0 Å². The number of rotatable bonds is 4. The Morgan fingerprint density at radius 3 is 2.82 bits per heavy atom. The molecule has 8 heteroatoms. The normalized spacial score (nSPS) is 11.9. The number of phenolic OH excluding ortho intramolecular Hbond substituents is 1. The summed E-state index contributed by atoms with van der Waals surface area (Å²) < 4.78 is 10.1. The largest absolute Gasteiger partial charge is 0.508 e. The molecule has 1 aromatic heterocycles. The van der Waals surface area contributed by atoms with Crippen LogP contribution in [0.4, 0.5) is 4.79 Å². The molecule has 0 spiro atoms. The average molecular weight is 306 g/mol. The average Bonchev–Trinajstić information content (AvgIpc) is 2.80. The van der Waals surface area contributed by atoms with E-state index in [1.165, 1.54) is 25.3 Å². The fourth-order valence-electron chi connectivity index (χ4n) is 1.88. The number of nitrogens with two attached hydrogens (primary N) is 1. The Labute approximate surface area is 124 Å². The van der Waals surface area contributed by atoms with Crippen LogP contribution in [0.3, 0.4) is 0 Å². The van der Waals surface area contributed by atoms with Crippen LogP contribution in [0.1, 0.15) is 12.5 Å². The van der Waals surface area contributed by atoms with Gasteiger partial charge in [0.25, 0.3) is 5.91 Å². The Bertz CT molecular complexity index is 736. The van der Waals surface area contributed by atoms with Crippen molar-refractivity contribution in [2.45, 2.75) is 19.4 Å². The first-order valence-corrected chi connectivity index (χ1v) is 6.35. The zero-order valence-corrected chi connectivity index (χ0v) is 11.7. The maximum Gasteiger partial charge on any atom is 0.318 e. The standard InChI is InChI=1S/C14H14N2O6/c1-7(13(19)16-14(15)20)22-12(18)4-8-6-21-11-5-9(17)2-3-10(8)11/h2-3,5-7,17H,4H2,1H3,(H3,15,16,19,20)/t7-/m0/s1. The summed E-state index contributed by atoms with van der Waals surface area (Å²) >= 11 is 0. The lowest BCUT2D eigenvalue weighted by molar-refractivity contribution is -0.153. The second-order valence-corrected chi connectivity index (χ2v) is 4.60. The van der Waals surface area contributed by atoms with Gasteiger partial charge in [-0.3, -0.25) is 14.9 Å². The number of aromatic hydroxyl groups is 1. The van der Waals surface area contributed by atoms with Crippen molar-refractivity contribution in [3.63, 3.8) is 0 Å². The molecule has 0 unspecified atom stereocenters. The molecule has 0 saturated heterocycles. The number of phenols is 1. The van der Waals surface area contributed by atoms with E-state index in [4.69, 9.17) is 14.9 Å². The first-order valence-electron chi connectivity index (χ1n) is 6.35. The number of hydrogen-bond acceptors (Lipinski definition) is 6. The van der Waals surface area contributed by atoms with Crippen LogP contribution in [0.5, 0.6) is 5.75 Å². The van der Waals surface area contributed by atoms with Gasteiger partial charge in [-0.05, 0) is 19.1 Å². The van der Waals surface area contributed by atoms with Crippen LogP contribution in [0.2, 0.25) is 0 Å². The van der Waals surface area contributed by atoms with Crippen molar-refractivity contribution in [2.75, 3.05) is 0 Å². The van der Waals surface area contributed by atoms with Gasteiger partial charge < -0.3 is 20.0 Å². The molecule has 116 valence electrons. The fraction of sp³-hybridized carbons (Fsp3) is 0.214. The molecule has 22 heavy (non-hydrogen) atoms. The summed E-state index contributed by atoms with van der Waals surface area (Å²) in [5, 5.41) is 11.8. The number of carbonyl (C=O) groups is 3. The molecule has 2 rings (SSSR count). The molecule has 3 amide bonds. The Kier molecular flexibility index (Phi) is 4.31. The zero-order valence-electron chi connectivity index (χ0n) is 11.7. The number of hydrogen-bond donors (Lipinski definition) is 3. The Hall–Kier alpha value is -3.03. The third-order valence-corrected chi connectivity index (χ3v) is 2.90. The Balaban J connectivity index is 2.02. The van der Waals surface area contributed by atoms with Crippen molar-refractivity contribution in [2.24, 2.45) is 5.73 Å². The number of esters is 1. The van der Waals surface area contributed by atoms with E-state index in [0.29, 0.717) is 16.5 Å². The maximum absolute atomic E-state index is 11.8. The molecule has 0 radical (unpaired) electrons. The summed E-state index contributed by atoms with van der Waals surface area (Å²) in [5.74, 6) is -1.42. The van der Waals surface area contributed by atoms with Gasteiger partial charge in [-0.25, -0.2) is 4.79 Å². The highest BCUT2D eigenvalue weighted by Crippen LogP contribution is 2.25. The Morgan fingerprint density at radius 2 is 2.14 bits per heavy atom. The van der Waals surface area contributed by atoms with Crippen molar-refractivity contribution in [1.29, 1.82) is 0 Å². The van der Waals surface area contributed by atoms with Gasteiger partial charge in [-0.15, -0.1) is 0 Å². The van der Waals surface area contributed by atoms with Crippen molar-refractivity contribution in [1.82, 2.24) is 5.32 Å². The second kappa shape index (κ2) is 6.17.